The Labute approximate surface area is 240 Å². The highest BCUT2D eigenvalue weighted by molar-refractivity contribution is 6.09. The number of hydrogen-bond donors (Lipinski definition) is 3. The largest absolute Gasteiger partial charge is 0.359 e. The summed E-state index contributed by atoms with van der Waals surface area (Å²) < 4.78 is 0. The number of likely N-dealkylation sites (tertiary alicyclic amines) is 1. The van der Waals surface area contributed by atoms with Crippen LogP contribution < -0.4 is 10.6 Å². The van der Waals surface area contributed by atoms with Crippen molar-refractivity contribution in [2.45, 2.75) is 44.4 Å². The molecular formula is C31H38N6O4. The van der Waals surface area contributed by atoms with Crippen molar-refractivity contribution in [2.24, 2.45) is 10.9 Å². The highest BCUT2D eigenvalue weighted by Gasteiger charge is 2.40. The van der Waals surface area contributed by atoms with Crippen LogP contribution >= 0.6 is 0 Å². The van der Waals surface area contributed by atoms with Crippen molar-refractivity contribution in [1.29, 1.82) is 5.41 Å². The maximum absolute atomic E-state index is 13.5. The maximum Gasteiger partial charge on any atom is 0.269 e. The number of non-ortho nitro benzene ring substituents is 1. The quantitative estimate of drug-likeness (QED) is 0.175. The molecule has 0 aromatic heterocycles. The molecule has 2 aromatic rings. The third-order valence-corrected chi connectivity index (χ3v) is 8.37. The van der Waals surface area contributed by atoms with Crippen LogP contribution in [0.5, 0.6) is 0 Å². The molecule has 2 aliphatic heterocycles. The Hall–Kier alpha value is -4.18. The average molecular weight is 559 g/mol. The maximum atomic E-state index is 13.5. The number of nitrogens with one attached hydrogen (secondary N) is 3. The number of benzene rings is 2. The van der Waals surface area contributed by atoms with Crippen molar-refractivity contribution in [3.05, 3.63) is 87.1 Å². The smallest absolute Gasteiger partial charge is 0.269 e. The summed E-state index contributed by atoms with van der Waals surface area (Å²) >= 11 is 0. The van der Waals surface area contributed by atoms with E-state index < -0.39 is 16.8 Å². The Morgan fingerprint density at radius 2 is 1.78 bits per heavy atom. The van der Waals surface area contributed by atoms with Crippen LogP contribution in [0.25, 0.3) is 0 Å². The number of aliphatic imine (C=N–C) groups is 1. The molecule has 2 heterocycles. The van der Waals surface area contributed by atoms with Gasteiger partial charge >= 0.3 is 0 Å². The SMILES string of the molecule is CNC(=O)C1C(C)=NC(C)=C(C(=O)NCCCN2CCC(C=N)(c3ccccc3)CC2)C1c1ccc([N+](=O)[O-])cc1. The summed E-state index contributed by atoms with van der Waals surface area (Å²) in [7, 11) is 1.54. The minimum atomic E-state index is -0.710. The lowest BCUT2D eigenvalue weighted by Gasteiger charge is -2.39. The summed E-state index contributed by atoms with van der Waals surface area (Å²) in [5.74, 6) is -1.89. The van der Waals surface area contributed by atoms with Crippen molar-refractivity contribution >= 4 is 29.4 Å². The fourth-order valence-electron chi connectivity index (χ4n) is 6.05. The van der Waals surface area contributed by atoms with E-state index in [4.69, 9.17) is 5.41 Å². The molecule has 3 N–H and O–H groups in total. The minimum absolute atomic E-state index is 0.0579. The number of allylic oxidation sites excluding steroid dienone is 1. The molecule has 2 unspecified atom stereocenters. The summed E-state index contributed by atoms with van der Waals surface area (Å²) in [5.41, 5.74) is 3.07. The topological polar surface area (TPSA) is 141 Å². The normalized spacial score (nSPS) is 20.6. The van der Waals surface area contributed by atoms with E-state index in [0.717, 1.165) is 38.9 Å². The van der Waals surface area contributed by atoms with Gasteiger partial charge in [0.05, 0.1) is 10.8 Å². The summed E-state index contributed by atoms with van der Waals surface area (Å²) in [6.45, 7) is 6.57. The number of carbonyl (C=O) groups excluding carboxylic acids is 2. The number of rotatable bonds is 10. The molecule has 10 nitrogen and oxygen atoms in total. The van der Waals surface area contributed by atoms with Gasteiger partial charge < -0.3 is 20.9 Å². The molecule has 0 bridgehead atoms. The lowest BCUT2D eigenvalue weighted by molar-refractivity contribution is -0.384. The summed E-state index contributed by atoms with van der Waals surface area (Å²) in [5, 5.41) is 25.0. The molecule has 1 fully saturated rings. The third kappa shape index (κ3) is 6.43. The van der Waals surface area contributed by atoms with Crippen LogP contribution in [0, 0.1) is 21.4 Å². The van der Waals surface area contributed by atoms with Crippen LogP contribution in [0.2, 0.25) is 0 Å². The number of amides is 2. The van der Waals surface area contributed by atoms with E-state index in [2.05, 4.69) is 32.7 Å². The first-order valence-corrected chi connectivity index (χ1v) is 14.0. The molecule has 2 atom stereocenters. The molecule has 0 aliphatic carbocycles. The van der Waals surface area contributed by atoms with Crippen molar-refractivity contribution in [1.82, 2.24) is 15.5 Å². The van der Waals surface area contributed by atoms with Gasteiger partial charge in [0.25, 0.3) is 5.69 Å². The van der Waals surface area contributed by atoms with Crippen LogP contribution in [0.4, 0.5) is 5.69 Å². The van der Waals surface area contributed by atoms with Gasteiger partial charge in [-0.25, -0.2) is 0 Å². The monoisotopic (exact) mass is 558 g/mol. The van der Waals surface area contributed by atoms with Gasteiger partial charge in [0.2, 0.25) is 11.8 Å². The zero-order valence-electron chi connectivity index (χ0n) is 23.9. The van der Waals surface area contributed by atoms with Crippen molar-refractivity contribution in [3.63, 3.8) is 0 Å². The van der Waals surface area contributed by atoms with E-state index in [1.54, 1.807) is 39.2 Å². The molecule has 0 saturated carbocycles. The number of nitro groups is 1. The Balaban J connectivity index is 1.41. The van der Waals surface area contributed by atoms with E-state index in [1.165, 1.54) is 17.7 Å². The van der Waals surface area contributed by atoms with E-state index in [0.29, 0.717) is 29.1 Å². The molecule has 0 spiro atoms. The lowest BCUT2D eigenvalue weighted by Crippen LogP contribution is -2.44. The third-order valence-electron chi connectivity index (χ3n) is 8.37. The second kappa shape index (κ2) is 13.0. The second-order valence-electron chi connectivity index (χ2n) is 10.8. The Morgan fingerprint density at radius 1 is 1.12 bits per heavy atom. The first-order chi connectivity index (χ1) is 19.7. The van der Waals surface area contributed by atoms with Crippen molar-refractivity contribution in [2.75, 3.05) is 33.2 Å². The molecule has 41 heavy (non-hydrogen) atoms. The van der Waals surface area contributed by atoms with Gasteiger partial charge in [-0.1, -0.05) is 42.5 Å². The van der Waals surface area contributed by atoms with Gasteiger partial charge in [0.15, 0.2) is 0 Å². The van der Waals surface area contributed by atoms with E-state index in [1.807, 2.05) is 18.2 Å². The first kappa shape index (κ1) is 29.8. The predicted molar refractivity (Wildman–Crippen MR) is 159 cm³/mol. The van der Waals surface area contributed by atoms with E-state index in [-0.39, 0.29) is 22.9 Å². The van der Waals surface area contributed by atoms with Crippen LogP contribution in [-0.4, -0.2) is 66.8 Å². The molecule has 1 saturated heterocycles. The summed E-state index contributed by atoms with van der Waals surface area (Å²) in [6.07, 6.45) is 4.12. The summed E-state index contributed by atoms with van der Waals surface area (Å²) in [6, 6.07) is 16.2. The number of hydrogen-bond acceptors (Lipinski definition) is 7. The zero-order chi connectivity index (χ0) is 29.6. The predicted octanol–water partition coefficient (Wildman–Crippen LogP) is 3.98. The highest BCUT2D eigenvalue weighted by Crippen LogP contribution is 2.39. The van der Waals surface area contributed by atoms with Gasteiger partial charge in [-0.05, 0) is 63.9 Å². The minimum Gasteiger partial charge on any atom is -0.359 e. The van der Waals surface area contributed by atoms with Crippen LogP contribution in [-0.2, 0) is 15.0 Å². The molecule has 216 valence electrons. The van der Waals surface area contributed by atoms with Crippen LogP contribution in [0.15, 0.2) is 70.9 Å². The number of carbonyl (C=O) groups is 2. The fourth-order valence-corrected chi connectivity index (χ4v) is 6.05. The van der Waals surface area contributed by atoms with Crippen LogP contribution in [0.1, 0.15) is 50.2 Å². The van der Waals surface area contributed by atoms with Crippen molar-refractivity contribution in [3.8, 4) is 0 Å². The Bertz CT molecular complexity index is 1340. The van der Waals surface area contributed by atoms with Gasteiger partial charge in [0.1, 0.15) is 0 Å². The second-order valence-corrected chi connectivity index (χ2v) is 10.8. The molecule has 0 radical (unpaired) electrons. The molecular weight excluding hydrogens is 520 g/mol. The summed E-state index contributed by atoms with van der Waals surface area (Å²) in [4.78, 5) is 44.1. The molecule has 10 heteroatoms. The fraction of sp³-hybridized carbons (Fsp3) is 0.419. The Kier molecular flexibility index (Phi) is 9.44. The van der Waals surface area contributed by atoms with Gasteiger partial charge in [-0.15, -0.1) is 0 Å². The molecule has 2 aliphatic rings. The molecule has 4 rings (SSSR count). The average Bonchev–Trinajstić information content (AvgIpc) is 2.99. The van der Waals surface area contributed by atoms with Crippen molar-refractivity contribution < 1.29 is 14.5 Å². The lowest BCUT2D eigenvalue weighted by atomic mass is 9.74. The molecule has 2 amide bonds. The number of nitro benzene ring substituents is 1. The first-order valence-electron chi connectivity index (χ1n) is 14.0. The van der Waals surface area contributed by atoms with Gasteiger partial charge in [-0.2, -0.15) is 0 Å². The van der Waals surface area contributed by atoms with E-state index in [9.17, 15) is 19.7 Å². The molecule has 2 aromatic carbocycles. The van der Waals surface area contributed by atoms with Crippen LogP contribution in [0.3, 0.4) is 0 Å². The number of nitrogens with zero attached hydrogens (tertiary/aromatic N) is 3. The zero-order valence-corrected chi connectivity index (χ0v) is 23.9. The number of piperidine rings is 1. The van der Waals surface area contributed by atoms with E-state index >= 15 is 0 Å². The van der Waals surface area contributed by atoms with Gasteiger partial charge in [-0.3, -0.25) is 24.7 Å². The Morgan fingerprint density at radius 3 is 2.37 bits per heavy atom. The standard InChI is InChI=1S/C31H38N6O4/c1-21-26(29(38)33-3)28(23-10-12-25(13-11-23)37(40)41)27(22(2)35-21)30(39)34-16-7-17-36-18-14-31(20-32,15-19-36)24-8-5-4-6-9-24/h4-6,8-13,20,26,28,32H,7,14-19H2,1-3H3,(H,33,38)(H,34,39). The highest BCUT2D eigenvalue weighted by atomic mass is 16.6. The van der Waals surface area contributed by atoms with Gasteiger partial charge in [0, 0.05) is 60.3 Å².